The summed E-state index contributed by atoms with van der Waals surface area (Å²) < 4.78 is 14.6. The maximum absolute atomic E-state index is 11.9. The van der Waals surface area contributed by atoms with Gasteiger partial charge < -0.3 is 29.7 Å². The average Bonchev–Trinajstić information content (AvgIpc) is 3.14. The SMILES string of the molecule is C=CCOC(=O)NCCCCCCCCCCCCCCCCOC(=O)C1=C(O)[C@@H](CO)OC1=O. The smallest absolute Gasteiger partial charge is 0.407 e. The maximum Gasteiger partial charge on any atom is 0.407 e. The number of aliphatic hydroxyl groups is 2. The van der Waals surface area contributed by atoms with Crippen molar-refractivity contribution >= 4 is 18.0 Å². The van der Waals surface area contributed by atoms with Crippen molar-refractivity contribution in [2.45, 2.75) is 96.0 Å². The van der Waals surface area contributed by atoms with E-state index in [0.717, 1.165) is 32.1 Å². The standard InChI is InChI=1S/C26H43NO8/c1-2-18-34-26(32)27-17-15-13-11-9-7-5-3-4-6-8-10-12-14-16-19-33-24(30)22-23(29)21(20-28)35-25(22)31/h2,21,28-29H,1,3-20H2,(H,27,32)/t21-/m1/s1. The molecule has 9 heteroatoms. The summed E-state index contributed by atoms with van der Waals surface area (Å²) in [5.41, 5.74) is -0.514. The van der Waals surface area contributed by atoms with Crippen LogP contribution in [0.5, 0.6) is 0 Å². The molecular formula is C26H43NO8. The highest BCUT2D eigenvalue weighted by molar-refractivity contribution is 6.16. The van der Waals surface area contributed by atoms with Crippen LogP contribution in [0.1, 0.15) is 89.9 Å². The van der Waals surface area contributed by atoms with E-state index >= 15 is 0 Å². The fraction of sp³-hybridized carbons (Fsp3) is 0.731. The molecule has 1 amide bonds. The fourth-order valence-electron chi connectivity index (χ4n) is 3.78. The summed E-state index contributed by atoms with van der Waals surface area (Å²) in [6.07, 6.45) is 15.9. The quantitative estimate of drug-likeness (QED) is 0.0687. The number of unbranched alkanes of at least 4 members (excludes halogenated alkanes) is 13. The van der Waals surface area contributed by atoms with Gasteiger partial charge in [-0.05, 0) is 12.8 Å². The normalized spacial score (nSPS) is 15.1. The Bertz CT molecular complexity index is 676. The molecule has 1 atom stereocenters. The first-order chi connectivity index (χ1) is 17.0. The number of aliphatic hydroxyl groups excluding tert-OH is 2. The Morgan fingerprint density at radius 1 is 0.886 bits per heavy atom. The van der Waals surface area contributed by atoms with E-state index in [4.69, 9.17) is 14.6 Å². The minimum Gasteiger partial charge on any atom is -0.507 e. The van der Waals surface area contributed by atoms with Crippen LogP contribution in [0, 0.1) is 0 Å². The van der Waals surface area contributed by atoms with Gasteiger partial charge in [0.05, 0.1) is 13.2 Å². The molecule has 0 spiro atoms. The Hall–Kier alpha value is -2.55. The van der Waals surface area contributed by atoms with Gasteiger partial charge in [0.15, 0.2) is 17.4 Å². The minimum absolute atomic E-state index is 0.186. The third-order valence-electron chi connectivity index (χ3n) is 5.79. The van der Waals surface area contributed by atoms with Gasteiger partial charge in [-0.25, -0.2) is 14.4 Å². The highest BCUT2D eigenvalue weighted by Crippen LogP contribution is 2.21. The predicted octanol–water partition coefficient (Wildman–Crippen LogP) is 4.63. The number of alkyl carbamates (subject to hydrolysis) is 1. The van der Waals surface area contributed by atoms with Crippen LogP contribution in [-0.4, -0.2) is 60.7 Å². The first-order valence-corrected chi connectivity index (χ1v) is 12.9. The second kappa shape index (κ2) is 19.7. The van der Waals surface area contributed by atoms with E-state index < -0.39 is 36.0 Å². The molecule has 35 heavy (non-hydrogen) atoms. The first kappa shape index (κ1) is 30.5. The summed E-state index contributed by atoms with van der Waals surface area (Å²) in [7, 11) is 0. The van der Waals surface area contributed by atoms with E-state index in [-0.39, 0.29) is 19.3 Å². The summed E-state index contributed by atoms with van der Waals surface area (Å²) in [6.45, 7) is 4.01. The number of amides is 1. The highest BCUT2D eigenvalue weighted by Gasteiger charge is 2.39. The number of esters is 2. The molecule has 0 saturated heterocycles. The van der Waals surface area contributed by atoms with Gasteiger partial charge in [-0.3, -0.25) is 0 Å². The summed E-state index contributed by atoms with van der Waals surface area (Å²) in [5.74, 6) is -2.42. The second-order valence-corrected chi connectivity index (χ2v) is 8.74. The van der Waals surface area contributed by atoms with Crippen molar-refractivity contribution < 1.29 is 38.8 Å². The molecule has 1 rings (SSSR count). The monoisotopic (exact) mass is 497 g/mol. The topological polar surface area (TPSA) is 131 Å². The molecule has 0 saturated carbocycles. The van der Waals surface area contributed by atoms with E-state index in [1.807, 2.05) is 0 Å². The Morgan fingerprint density at radius 2 is 1.40 bits per heavy atom. The molecule has 0 radical (unpaired) electrons. The third-order valence-corrected chi connectivity index (χ3v) is 5.79. The van der Waals surface area contributed by atoms with Crippen LogP contribution in [0.25, 0.3) is 0 Å². The van der Waals surface area contributed by atoms with Crippen molar-refractivity contribution in [3.05, 3.63) is 24.0 Å². The third kappa shape index (κ3) is 13.8. The molecule has 0 unspecified atom stereocenters. The van der Waals surface area contributed by atoms with Crippen LogP contribution in [0.4, 0.5) is 4.79 Å². The summed E-state index contributed by atoms with van der Waals surface area (Å²) in [6, 6.07) is 0. The van der Waals surface area contributed by atoms with Gasteiger partial charge in [0, 0.05) is 6.54 Å². The van der Waals surface area contributed by atoms with Crippen molar-refractivity contribution in [1.29, 1.82) is 0 Å². The molecule has 1 aliphatic rings. The zero-order valence-corrected chi connectivity index (χ0v) is 20.9. The Morgan fingerprint density at radius 3 is 1.89 bits per heavy atom. The molecule has 0 aromatic heterocycles. The second-order valence-electron chi connectivity index (χ2n) is 8.74. The fourth-order valence-corrected chi connectivity index (χ4v) is 3.78. The molecule has 9 nitrogen and oxygen atoms in total. The van der Waals surface area contributed by atoms with Gasteiger partial charge in [-0.1, -0.05) is 89.7 Å². The van der Waals surface area contributed by atoms with Gasteiger partial charge in [0.2, 0.25) is 0 Å². The van der Waals surface area contributed by atoms with E-state index in [2.05, 4.69) is 16.6 Å². The van der Waals surface area contributed by atoms with Crippen LogP contribution in [-0.2, 0) is 23.8 Å². The molecule has 0 aromatic rings. The Balaban J connectivity index is 1.82. The summed E-state index contributed by atoms with van der Waals surface area (Å²) in [5, 5.41) is 21.4. The number of rotatable bonds is 21. The van der Waals surface area contributed by atoms with E-state index in [0.29, 0.717) is 13.0 Å². The molecule has 0 fully saturated rings. The van der Waals surface area contributed by atoms with E-state index in [9.17, 15) is 19.5 Å². The molecular weight excluding hydrogens is 454 g/mol. The van der Waals surface area contributed by atoms with Crippen LogP contribution in [0.3, 0.4) is 0 Å². The van der Waals surface area contributed by atoms with Crippen LogP contribution >= 0.6 is 0 Å². The number of nitrogens with one attached hydrogen (secondary N) is 1. The van der Waals surface area contributed by atoms with Gasteiger partial charge in [-0.2, -0.15) is 0 Å². The lowest BCUT2D eigenvalue weighted by Gasteiger charge is -2.06. The maximum atomic E-state index is 11.9. The number of ether oxygens (including phenoxy) is 3. The molecule has 0 aliphatic carbocycles. The van der Waals surface area contributed by atoms with E-state index in [1.165, 1.54) is 51.4 Å². The number of carbonyl (C=O) groups excluding carboxylic acids is 3. The minimum atomic E-state index is -1.18. The van der Waals surface area contributed by atoms with Gasteiger partial charge in [-0.15, -0.1) is 0 Å². The van der Waals surface area contributed by atoms with Crippen molar-refractivity contribution in [1.82, 2.24) is 5.32 Å². The van der Waals surface area contributed by atoms with Crippen molar-refractivity contribution in [2.24, 2.45) is 0 Å². The van der Waals surface area contributed by atoms with Crippen LogP contribution in [0.15, 0.2) is 24.0 Å². The largest absolute Gasteiger partial charge is 0.507 e. The van der Waals surface area contributed by atoms with E-state index in [1.54, 1.807) is 6.08 Å². The zero-order chi connectivity index (χ0) is 25.7. The van der Waals surface area contributed by atoms with Gasteiger partial charge in [0.1, 0.15) is 6.61 Å². The van der Waals surface area contributed by atoms with Gasteiger partial charge in [0.25, 0.3) is 0 Å². The zero-order valence-electron chi connectivity index (χ0n) is 20.9. The summed E-state index contributed by atoms with van der Waals surface area (Å²) >= 11 is 0. The molecule has 1 heterocycles. The van der Waals surface area contributed by atoms with Crippen LogP contribution in [0.2, 0.25) is 0 Å². The lowest BCUT2D eigenvalue weighted by molar-refractivity contribution is -0.147. The number of hydrogen-bond acceptors (Lipinski definition) is 8. The Labute approximate surface area is 208 Å². The molecule has 200 valence electrons. The molecule has 0 aromatic carbocycles. The van der Waals surface area contributed by atoms with Crippen LogP contribution < -0.4 is 5.32 Å². The lowest BCUT2D eigenvalue weighted by atomic mass is 10.0. The first-order valence-electron chi connectivity index (χ1n) is 12.9. The number of hydrogen-bond donors (Lipinski definition) is 3. The van der Waals surface area contributed by atoms with Crippen molar-refractivity contribution in [3.63, 3.8) is 0 Å². The average molecular weight is 498 g/mol. The summed E-state index contributed by atoms with van der Waals surface area (Å²) in [4.78, 5) is 34.7. The highest BCUT2D eigenvalue weighted by atomic mass is 16.6. The molecule has 3 N–H and O–H groups in total. The Kier molecular flexibility index (Phi) is 17.2. The molecule has 0 bridgehead atoms. The molecule has 1 aliphatic heterocycles. The predicted molar refractivity (Wildman–Crippen MR) is 132 cm³/mol. The van der Waals surface area contributed by atoms with Gasteiger partial charge >= 0.3 is 18.0 Å². The number of carbonyl (C=O) groups is 3. The number of cyclic esters (lactones) is 1. The lowest BCUT2D eigenvalue weighted by Crippen LogP contribution is -2.25. The van der Waals surface area contributed by atoms with Crippen molar-refractivity contribution in [2.75, 3.05) is 26.4 Å². The van der Waals surface area contributed by atoms with Crippen molar-refractivity contribution in [3.8, 4) is 0 Å².